The molecule has 0 spiro atoms. The van der Waals surface area contributed by atoms with Gasteiger partial charge in [-0.05, 0) is 49.2 Å². The molecule has 3 aromatic rings. The average Bonchev–Trinajstić information content (AvgIpc) is 3.23. The fourth-order valence-electron chi connectivity index (χ4n) is 3.14. The van der Waals surface area contributed by atoms with Crippen LogP contribution in [0.25, 0.3) is 11.0 Å². The zero-order chi connectivity index (χ0) is 20.4. The molecule has 4 rings (SSSR count). The second kappa shape index (κ2) is 8.53. The number of nitrogens with one attached hydrogen (secondary N) is 1. The number of hydrogen-bond acceptors (Lipinski definition) is 4. The normalized spacial score (nSPS) is 17.1. The fourth-order valence-corrected chi connectivity index (χ4v) is 3.49. The topological polar surface area (TPSA) is 63.8 Å². The Labute approximate surface area is 176 Å². The van der Waals surface area contributed by atoms with Crippen LogP contribution < -0.4 is 10.9 Å². The van der Waals surface area contributed by atoms with Gasteiger partial charge in [0, 0.05) is 23.6 Å². The molecule has 150 valence electrons. The van der Waals surface area contributed by atoms with E-state index in [9.17, 15) is 9.18 Å². The minimum Gasteiger partial charge on any atom is -0.438 e. The van der Waals surface area contributed by atoms with Gasteiger partial charge in [-0.25, -0.2) is 9.38 Å². The molecule has 1 saturated heterocycles. The molecule has 1 aromatic heterocycles. The van der Waals surface area contributed by atoms with Crippen LogP contribution in [0.3, 0.4) is 0 Å². The van der Waals surface area contributed by atoms with Gasteiger partial charge in [0.25, 0.3) is 5.91 Å². The molecule has 2 heterocycles. The fraction of sp³-hybridized carbons (Fsp3) is 0.238. The van der Waals surface area contributed by atoms with E-state index in [0.29, 0.717) is 29.1 Å². The third kappa shape index (κ3) is 4.45. The minimum absolute atomic E-state index is 0.0171. The van der Waals surface area contributed by atoms with Gasteiger partial charge in [-0.15, -0.1) is 0 Å². The van der Waals surface area contributed by atoms with E-state index in [1.165, 1.54) is 12.1 Å². The Morgan fingerprint density at radius 2 is 2.10 bits per heavy atom. The first-order chi connectivity index (χ1) is 14.0. The van der Waals surface area contributed by atoms with E-state index in [2.05, 4.69) is 10.3 Å². The maximum atomic E-state index is 14.3. The number of rotatable bonds is 4. The van der Waals surface area contributed by atoms with Crippen molar-refractivity contribution in [3.05, 3.63) is 69.4 Å². The summed E-state index contributed by atoms with van der Waals surface area (Å²) >= 11 is 11.9. The smallest absolute Gasteiger partial charge is 0.256 e. The molecule has 0 unspecified atom stereocenters. The molecular weight excluding hydrogens is 418 g/mol. The van der Waals surface area contributed by atoms with E-state index in [1.54, 1.807) is 30.3 Å². The third-order valence-corrected chi connectivity index (χ3v) is 5.15. The molecule has 1 atom stereocenters. The van der Waals surface area contributed by atoms with Crippen molar-refractivity contribution in [3.8, 4) is 0 Å². The summed E-state index contributed by atoms with van der Waals surface area (Å²) in [6.45, 7) is 1.07. The van der Waals surface area contributed by atoms with Crippen molar-refractivity contribution in [2.75, 3.05) is 13.2 Å². The van der Waals surface area contributed by atoms with Crippen molar-refractivity contribution in [2.24, 2.45) is 4.99 Å². The summed E-state index contributed by atoms with van der Waals surface area (Å²) in [7, 11) is 0. The average molecular weight is 435 g/mol. The molecule has 0 aliphatic carbocycles. The van der Waals surface area contributed by atoms with Gasteiger partial charge >= 0.3 is 0 Å². The first-order valence-electron chi connectivity index (χ1n) is 9.13. The van der Waals surface area contributed by atoms with Crippen molar-refractivity contribution in [3.63, 3.8) is 0 Å². The monoisotopic (exact) mass is 434 g/mol. The molecule has 1 aliphatic heterocycles. The Bertz CT molecular complexity index is 1140. The van der Waals surface area contributed by atoms with Gasteiger partial charge < -0.3 is 14.5 Å². The van der Waals surface area contributed by atoms with E-state index in [-0.39, 0.29) is 27.9 Å². The van der Waals surface area contributed by atoms with Gasteiger partial charge in [0.1, 0.15) is 16.8 Å². The van der Waals surface area contributed by atoms with Crippen LogP contribution in [0.15, 0.2) is 51.9 Å². The summed E-state index contributed by atoms with van der Waals surface area (Å²) in [4.78, 5) is 17.1. The lowest BCUT2D eigenvalue weighted by molar-refractivity contribution is 0.0854. The van der Waals surface area contributed by atoms with E-state index in [1.807, 2.05) is 0 Å². The predicted octanol–water partition coefficient (Wildman–Crippen LogP) is 5.02. The largest absolute Gasteiger partial charge is 0.438 e. The number of amides is 1. The maximum Gasteiger partial charge on any atom is 0.256 e. The van der Waals surface area contributed by atoms with Gasteiger partial charge in [-0.3, -0.25) is 4.79 Å². The standard InChI is InChI=1S/C21H17Cl2FN2O3/c22-13-6-7-18-12(9-13)10-15(20(27)25-11-14-3-2-8-28-14)21(29-18)26-17-5-1-4-16(23)19(17)24/h1,4-7,9-10,14H,2-3,8,11H2,(H,25,27)/t14-/m1/s1. The Balaban J connectivity index is 1.79. The van der Waals surface area contributed by atoms with Crippen molar-refractivity contribution < 1.29 is 18.3 Å². The van der Waals surface area contributed by atoms with Crippen LogP contribution in [0.1, 0.15) is 23.2 Å². The third-order valence-electron chi connectivity index (χ3n) is 4.62. The predicted molar refractivity (Wildman–Crippen MR) is 109 cm³/mol. The summed E-state index contributed by atoms with van der Waals surface area (Å²) in [6.07, 6.45) is 1.85. The van der Waals surface area contributed by atoms with E-state index < -0.39 is 11.7 Å². The van der Waals surface area contributed by atoms with Crippen LogP contribution in [-0.4, -0.2) is 25.2 Å². The van der Waals surface area contributed by atoms with Crippen molar-refractivity contribution in [2.45, 2.75) is 18.9 Å². The van der Waals surface area contributed by atoms with Gasteiger partial charge in [-0.2, -0.15) is 0 Å². The molecule has 0 radical (unpaired) electrons. The molecule has 2 aromatic carbocycles. The summed E-state index contributed by atoms with van der Waals surface area (Å²) in [5, 5.41) is 3.90. The number of fused-ring (bicyclic) bond motifs is 1. The van der Waals surface area contributed by atoms with Crippen molar-refractivity contribution in [1.82, 2.24) is 5.32 Å². The lowest BCUT2D eigenvalue weighted by Gasteiger charge is -2.11. The van der Waals surface area contributed by atoms with Gasteiger partial charge in [0.2, 0.25) is 5.55 Å². The minimum atomic E-state index is -0.689. The molecule has 1 N–H and O–H groups in total. The van der Waals surface area contributed by atoms with Gasteiger partial charge in [-0.1, -0.05) is 29.3 Å². The summed E-state index contributed by atoms with van der Waals surface area (Å²) < 4.78 is 25.7. The van der Waals surface area contributed by atoms with Crippen molar-refractivity contribution in [1.29, 1.82) is 0 Å². The van der Waals surface area contributed by atoms with Crippen LogP contribution >= 0.6 is 23.2 Å². The Morgan fingerprint density at radius 3 is 2.90 bits per heavy atom. The molecule has 1 amide bonds. The Morgan fingerprint density at radius 1 is 1.24 bits per heavy atom. The zero-order valence-electron chi connectivity index (χ0n) is 15.3. The van der Waals surface area contributed by atoms with Crippen LogP contribution in [0.5, 0.6) is 0 Å². The SMILES string of the molecule is O=C(NC[C@H]1CCCO1)c1cc2cc(Cl)ccc2oc1=Nc1cccc(Cl)c1F. The number of carbonyl (C=O) groups is 1. The van der Waals surface area contributed by atoms with E-state index >= 15 is 0 Å². The van der Waals surface area contributed by atoms with E-state index in [4.69, 9.17) is 32.4 Å². The zero-order valence-corrected chi connectivity index (χ0v) is 16.8. The molecule has 1 fully saturated rings. The second-order valence-corrected chi connectivity index (χ2v) is 7.52. The Hall–Kier alpha value is -2.41. The highest BCUT2D eigenvalue weighted by Gasteiger charge is 2.19. The number of carbonyl (C=O) groups excluding carboxylic acids is 1. The highest BCUT2D eigenvalue weighted by molar-refractivity contribution is 6.31. The number of nitrogens with zero attached hydrogens (tertiary/aromatic N) is 1. The van der Waals surface area contributed by atoms with Crippen LogP contribution in [0.2, 0.25) is 10.0 Å². The van der Waals surface area contributed by atoms with E-state index in [0.717, 1.165) is 12.8 Å². The maximum absolute atomic E-state index is 14.3. The van der Waals surface area contributed by atoms with Crippen LogP contribution in [-0.2, 0) is 4.74 Å². The Kier molecular flexibility index (Phi) is 5.85. The number of ether oxygens (including phenoxy) is 1. The summed E-state index contributed by atoms with van der Waals surface area (Å²) in [5.74, 6) is -1.08. The molecule has 1 aliphatic rings. The first-order valence-corrected chi connectivity index (χ1v) is 9.89. The van der Waals surface area contributed by atoms with Gasteiger partial charge in [0.05, 0.1) is 11.1 Å². The molecular formula is C21H17Cl2FN2O3. The van der Waals surface area contributed by atoms with Gasteiger partial charge in [0.15, 0.2) is 5.82 Å². The lowest BCUT2D eigenvalue weighted by Crippen LogP contribution is -2.34. The molecule has 0 saturated carbocycles. The number of halogens is 3. The van der Waals surface area contributed by atoms with Crippen LogP contribution in [0.4, 0.5) is 10.1 Å². The second-order valence-electron chi connectivity index (χ2n) is 6.68. The first kappa shape index (κ1) is 19.9. The summed E-state index contributed by atoms with van der Waals surface area (Å²) in [6, 6.07) is 11.1. The summed E-state index contributed by atoms with van der Waals surface area (Å²) in [5.41, 5.74) is 0.581. The highest BCUT2D eigenvalue weighted by Crippen LogP contribution is 2.25. The number of hydrogen-bond donors (Lipinski definition) is 1. The highest BCUT2D eigenvalue weighted by atomic mass is 35.5. The molecule has 5 nitrogen and oxygen atoms in total. The molecule has 8 heteroatoms. The molecule has 29 heavy (non-hydrogen) atoms. The van der Waals surface area contributed by atoms with Crippen molar-refractivity contribution >= 4 is 45.8 Å². The van der Waals surface area contributed by atoms with Crippen LogP contribution in [0, 0.1) is 5.82 Å². The lowest BCUT2D eigenvalue weighted by atomic mass is 10.1. The number of benzene rings is 2. The molecule has 0 bridgehead atoms. The quantitative estimate of drug-likeness (QED) is 0.626.